The molecule has 0 aliphatic rings. The molecule has 0 aromatic heterocycles. The lowest BCUT2D eigenvalue weighted by Crippen LogP contribution is -2.15. The first-order chi connectivity index (χ1) is 5.76. The van der Waals surface area contributed by atoms with Gasteiger partial charge in [-0.15, -0.1) is 11.8 Å². The molecule has 0 rings (SSSR count). The Hall–Kier alpha value is -1.48. The summed E-state index contributed by atoms with van der Waals surface area (Å²) in [6.07, 6.45) is 0.256. The van der Waals surface area contributed by atoms with Gasteiger partial charge in [-0.25, -0.2) is 0 Å². The van der Waals surface area contributed by atoms with Gasteiger partial charge in [0, 0.05) is 6.42 Å². The number of hydrogen-bond donors (Lipinski definition) is 0. The molecule has 0 heterocycles. The fraction of sp³-hybridized carbons (Fsp3) is 0.556. The summed E-state index contributed by atoms with van der Waals surface area (Å²) >= 11 is 0. The zero-order valence-electron chi connectivity index (χ0n) is 7.26. The van der Waals surface area contributed by atoms with Crippen molar-refractivity contribution < 1.29 is 9.53 Å². The molecule has 3 heteroatoms. The lowest BCUT2D eigenvalue weighted by atomic mass is 10.1. The molecule has 64 valence electrons. The normalized spacial score (nSPS) is 10.4. The van der Waals surface area contributed by atoms with E-state index in [0.29, 0.717) is 6.61 Å². The molecule has 1 unspecified atom stereocenters. The van der Waals surface area contributed by atoms with Crippen LogP contribution >= 0.6 is 0 Å². The monoisotopic (exact) mass is 165 g/mol. The van der Waals surface area contributed by atoms with Crippen molar-refractivity contribution in [2.75, 3.05) is 6.61 Å². The van der Waals surface area contributed by atoms with Crippen LogP contribution in [-0.2, 0) is 9.53 Å². The van der Waals surface area contributed by atoms with Crippen LogP contribution in [0.5, 0.6) is 0 Å². The highest BCUT2D eigenvalue weighted by molar-refractivity contribution is 5.75. The third-order valence-electron chi connectivity index (χ3n) is 1.21. The van der Waals surface area contributed by atoms with Crippen molar-refractivity contribution in [3.63, 3.8) is 0 Å². The van der Waals surface area contributed by atoms with Crippen molar-refractivity contribution in [2.45, 2.75) is 20.3 Å². The predicted octanol–water partition coefficient (Wildman–Crippen LogP) is 1.10. The Morgan fingerprint density at radius 3 is 2.75 bits per heavy atom. The van der Waals surface area contributed by atoms with Crippen LogP contribution in [0.1, 0.15) is 20.3 Å². The van der Waals surface area contributed by atoms with E-state index < -0.39 is 11.9 Å². The van der Waals surface area contributed by atoms with E-state index in [2.05, 4.69) is 16.6 Å². The van der Waals surface area contributed by atoms with Crippen molar-refractivity contribution in [3.8, 4) is 17.9 Å². The van der Waals surface area contributed by atoms with Gasteiger partial charge < -0.3 is 4.74 Å². The SMILES string of the molecule is CC#CCC(C#N)C(=O)OCC. The Morgan fingerprint density at radius 2 is 2.33 bits per heavy atom. The summed E-state index contributed by atoms with van der Waals surface area (Å²) in [7, 11) is 0. The van der Waals surface area contributed by atoms with Crippen molar-refractivity contribution in [2.24, 2.45) is 5.92 Å². The van der Waals surface area contributed by atoms with Gasteiger partial charge in [0.15, 0.2) is 5.92 Å². The lowest BCUT2D eigenvalue weighted by Gasteiger charge is -2.03. The second kappa shape index (κ2) is 6.24. The van der Waals surface area contributed by atoms with Gasteiger partial charge >= 0.3 is 5.97 Å². The molecule has 0 spiro atoms. The van der Waals surface area contributed by atoms with Crippen molar-refractivity contribution in [3.05, 3.63) is 0 Å². The number of hydrogen-bond acceptors (Lipinski definition) is 3. The molecule has 0 aliphatic heterocycles. The van der Waals surface area contributed by atoms with Crippen LogP contribution in [-0.4, -0.2) is 12.6 Å². The van der Waals surface area contributed by atoms with Gasteiger partial charge in [-0.05, 0) is 13.8 Å². The molecule has 1 atom stereocenters. The summed E-state index contributed by atoms with van der Waals surface area (Å²) in [5, 5.41) is 8.53. The van der Waals surface area contributed by atoms with Crippen LogP contribution in [0.3, 0.4) is 0 Å². The van der Waals surface area contributed by atoms with Gasteiger partial charge in [-0.3, -0.25) is 4.79 Å². The summed E-state index contributed by atoms with van der Waals surface area (Å²) in [6, 6.07) is 1.84. The van der Waals surface area contributed by atoms with E-state index in [9.17, 15) is 4.79 Å². The first-order valence-corrected chi connectivity index (χ1v) is 3.72. The Bertz CT molecular complexity index is 241. The minimum Gasteiger partial charge on any atom is -0.465 e. The molecule has 0 aliphatic carbocycles. The maximum Gasteiger partial charge on any atom is 0.324 e. The Balaban J connectivity index is 4.04. The smallest absolute Gasteiger partial charge is 0.324 e. The Morgan fingerprint density at radius 1 is 1.67 bits per heavy atom. The Labute approximate surface area is 72.3 Å². The average Bonchev–Trinajstić information content (AvgIpc) is 2.06. The largest absolute Gasteiger partial charge is 0.465 e. The van der Waals surface area contributed by atoms with Crippen LogP contribution < -0.4 is 0 Å². The fourth-order valence-electron chi connectivity index (χ4n) is 0.629. The molecule has 12 heavy (non-hydrogen) atoms. The molecule has 0 saturated carbocycles. The first kappa shape index (κ1) is 10.5. The first-order valence-electron chi connectivity index (χ1n) is 3.72. The summed E-state index contributed by atoms with van der Waals surface area (Å²) in [5.74, 6) is 4.06. The summed E-state index contributed by atoms with van der Waals surface area (Å²) in [4.78, 5) is 11.0. The Kier molecular flexibility index (Phi) is 5.47. The van der Waals surface area contributed by atoms with Gasteiger partial charge in [-0.2, -0.15) is 5.26 Å². The summed E-state index contributed by atoms with van der Waals surface area (Å²) in [6.45, 7) is 3.67. The van der Waals surface area contributed by atoms with Crippen LogP contribution in [0, 0.1) is 29.1 Å². The van der Waals surface area contributed by atoms with E-state index in [4.69, 9.17) is 5.26 Å². The van der Waals surface area contributed by atoms with E-state index in [1.54, 1.807) is 13.8 Å². The average molecular weight is 165 g/mol. The molecular formula is C9H11NO2. The molecule has 0 aromatic rings. The topological polar surface area (TPSA) is 50.1 Å². The van der Waals surface area contributed by atoms with Crippen molar-refractivity contribution >= 4 is 5.97 Å². The molecule has 3 nitrogen and oxygen atoms in total. The molecule has 0 N–H and O–H groups in total. The quantitative estimate of drug-likeness (QED) is 0.465. The number of nitriles is 1. The highest BCUT2D eigenvalue weighted by atomic mass is 16.5. The van der Waals surface area contributed by atoms with Crippen LogP contribution in [0.25, 0.3) is 0 Å². The second-order valence-corrected chi connectivity index (χ2v) is 2.06. The summed E-state index contributed by atoms with van der Waals surface area (Å²) in [5.41, 5.74) is 0. The van der Waals surface area contributed by atoms with Crippen LogP contribution in [0.2, 0.25) is 0 Å². The van der Waals surface area contributed by atoms with Gasteiger partial charge in [0.2, 0.25) is 0 Å². The van der Waals surface area contributed by atoms with Gasteiger partial charge in [0.25, 0.3) is 0 Å². The maximum atomic E-state index is 11.0. The van der Waals surface area contributed by atoms with E-state index in [1.165, 1.54) is 0 Å². The second-order valence-electron chi connectivity index (χ2n) is 2.06. The third-order valence-corrected chi connectivity index (χ3v) is 1.21. The minimum absolute atomic E-state index is 0.256. The van der Waals surface area contributed by atoms with E-state index in [-0.39, 0.29) is 6.42 Å². The third kappa shape index (κ3) is 3.63. The molecule has 0 bridgehead atoms. The maximum absolute atomic E-state index is 11.0. The van der Waals surface area contributed by atoms with Crippen LogP contribution in [0.4, 0.5) is 0 Å². The van der Waals surface area contributed by atoms with E-state index in [1.807, 2.05) is 6.07 Å². The lowest BCUT2D eigenvalue weighted by molar-refractivity contribution is -0.145. The van der Waals surface area contributed by atoms with Crippen molar-refractivity contribution in [1.82, 2.24) is 0 Å². The molecule has 0 radical (unpaired) electrons. The zero-order valence-corrected chi connectivity index (χ0v) is 7.26. The predicted molar refractivity (Wildman–Crippen MR) is 43.8 cm³/mol. The summed E-state index contributed by atoms with van der Waals surface area (Å²) < 4.78 is 4.66. The number of ether oxygens (including phenoxy) is 1. The van der Waals surface area contributed by atoms with Gasteiger partial charge in [-0.1, -0.05) is 0 Å². The molecule has 0 fully saturated rings. The van der Waals surface area contributed by atoms with Gasteiger partial charge in [0.05, 0.1) is 12.7 Å². The van der Waals surface area contributed by atoms with Gasteiger partial charge in [0.1, 0.15) is 0 Å². The number of esters is 1. The number of carbonyl (C=O) groups excluding carboxylic acids is 1. The molecule has 0 aromatic carbocycles. The number of carbonyl (C=O) groups is 1. The molecule has 0 saturated heterocycles. The molecular weight excluding hydrogens is 154 g/mol. The van der Waals surface area contributed by atoms with E-state index in [0.717, 1.165) is 0 Å². The number of rotatable bonds is 3. The highest BCUT2D eigenvalue weighted by Crippen LogP contribution is 2.02. The fourth-order valence-corrected chi connectivity index (χ4v) is 0.629. The highest BCUT2D eigenvalue weighted by Gasteiger charge is 2.17. The standard InChI is InChI=1S/C9H11NO2/c1-3-5-6-8(7-10)9(11)12-4-2/h8H,4,6H2,1-2H3. The van der Waals surface area contributed by atoms with Crippen molar-refractivity contribution in [1.29, 1.82) is 5.26 Å². The minimum atomic E-state index is -0.739. The zero-order chi connectivity index (χ0) is 9.40. The van der Waals surface area contributed by atoms with Crippen LogP contribution in [0.15, 0.2) is 0 Å². The molecule has 0 amide bonds. The van der Waals surface area contributed by atoms with E-state index >= 15 is 0 Å². The number of nitrogens with zero attached hydrogens (tertiary/aromatic N) is 1.